The molecule has 21 heavy (non-hydrogen) atoms. The summed E-state index contributed by atoms with van der Waals surface area (Å²) in [6.07, 6.45) is 2.12. The van der Waals surface area contributed by atoms with Crippen molar-refractivity contribution in [1.82, 2.24) is 10.2 Å². The van der Waals surface area contributed by atoms with Crippen LogP contribution in [0.1, 0.15) is 44.9 Å². The fraction of sp³-hybridized carbons (Fsp3) is 0.600. The second-order valence-corrected chi connectivity index (χ2v) is 7.42. The summed E-state index contributed by atoms with van der Waals surface area (Å²) in [5, 5.41) is 2.90. The second kappa shape index (κ2) is 6.36. The molecule has 4 nitrogen and oxygen atoms in total. The van der Waals surface area contributed by atoms with Crippen LogP contribution in [0.5, 0.6) is 0 Å². The molecular weight excluding hydrogens is 308 g/mol. The van der Waals surface area contributed by atoms with E-state index < -0.39 is 5.54 Å². The Kier molecular flexibility index (Phi) is 4.94. The third-order valence-corrected chi connectivity index (χ3v) is 5.25. The number of halogens is 1. The van der Waals surface area contributed by atoms with Crippen LogP contribution in [0.2, 0.25) is 4.34 Å². The van der Waals surface area contributed by atoms with Gasteiger partial charge in [-0.05, 0) is 31.9 Å². The van der Waals surface area contributed by atoms with Gasteiger partial charge in [0, 0.05) is 4.88 Å². The maximum absolute atomic E-state index is 12.8. The third-order valence-electron chi connectivity index (χ3n) is 4.04. The minimum absolute atomic E-state index is 0.00688. The van der Waals surface area contributed by atoms with Crippen molar-refractivity contribution in [2.24, 2.45) is 0 Å². The molecule has 2 atom stereocenters. The van der Waals surface area contributed by atoms with Gasteiger partial charge in [0.1, 0.15) is 11.6 Å². The first-order valence-electron chi connectivity index (χ1n) is 7.28. The summed E-state index contributed by atoms with van der Waals surface area (Å²) in [5.41, 5.74) is -0.803. The van der Waals surface area contributed by atoms with E-state index in [-0.39, 0.29) is 17.9 Å². The minimum Gasteiger partial charge on any atom is -0.340 e. The molecule has 1 saturated heterocycles. The molecule has 2 unspecified atom stereocenters. The van der Waals surface area contributed by atoms with Crippen molar-refractivity contribution in [2.75, 3.05) is 0 Å². The average Bonchev–Trinajstić information content (AvgIpc) is 2.85. The van der Waals surface area contributed by atoms with Crippen LogP contribution in [0.15, 0.2) is 12.1 Å². The highest BCUT2D eigenvalue weighted by Gasteiger charge is 2.46. The SMILES string of the molecule is CCCC1C(=O)NC(C)(CC)C(=O)N1Cc1ccc(Cl)s1. The van der Waals surface area contributed by atoms with E-state index in [0.717, 1.165) is 11.3 Å². The first-order chi connectivity index (χ1) is 9.91. The number of nitrogens with zero attached hydrogens (tertiary/aromatic N) is 1. The Hall–Kier alpha value is -1.07. The van der Waals surface area contributed by atoms with E-state index in [9.17, 15) is 9.59 Å². The number of hydrogen-bond acceptors (Lipinski definition) is 3. The zero-order valence-corrected chi connectivity index (χ0v) is 14.2. The number of hydrogen-bond donors (Lipinski definition) is 1. The van der Waals surface area contributed by atoms with Crippen molar-refractivity contribution in [3.8, 4) is 0 Å². The molecule has 1 aromatic heterocycles. The summed E-state index contributed by atoms with van der Waals surface area (Å²) in [5.74, 6) is -0.0592. The third kappa shape index (κ3) is 3.24. The van der Waals surface area contributed by atoms with Crippen molar-refractivity contribution in [3.05, 3.63) is 21.3 Å². The lowest BCUT2D eigenvalue weighted by atomic mass is 9.90. The van der Waals surface area contributed by atoms with Gasteiger partial charge in [0.2, 0.25) is 11.8 Å². The Bertz CT molecular complexity index is 546. The van der Waals surface area contributed by atoms with Crippen LogP contribution in [0.3, 0.4) is 0 Å². The van der Waals surface area contributed by atoms with E-state index in [1.165, 1.54) is 11.3 Å². The molecule has 0 saturated carbocycles. The fourth-order valence-corrected chi connectivity index (χ4v) is 3.68. The van der Waals surface area contributed by atoms with Gasteiger partial charge >= 0.3 is 0 Å². The number of nitrogens with one attached hydrogen (secondary N) is 1. The minimum atomic E-state index is -0.803. The van der Waals surface area contributed by atoms with Gasteiger partial charge in [0.15, 0.2) is 0 Å². The zero-order valence-electron chi connectivity index (χ0n) is 12.6. The van der Waals surface area contributed by atoms with E-state index in [0.29, 0.717) is 23.7 Å². The molecular formula is C15H21ClN2O2S. The quantitative estimate of drug-likeness (QED) is 0.902. The summed E-state index contributed by atoms with van der Waals surface area (Å²) in [6, 6.07) is 3.35. The normalized spacial score (nSPS) is 26.1. The molecule has 0 aliphatic carbocycles. The Morgan fingerprint density at radius 2 is 2.10 bits per heavy atom. The number of carbonyl (C=O) groups excluding carboxylic acids is 2. The van der Waals surface area contributed by atoms with Gasteiger partial charge in [-0.1, -0.05) is 31.9 Å². The number of thiophene rings is 1. The summed E-state index contributed by atoms with van der Waals surface area (Å²) in [7, 11) is 0. The molecule has 0 bridgehead atoms. The van der Waals surface area contributed by atoms with Gasteiger partial charge in [0.25, 0.3) is 0 Å². The molecule has 0 radical (unpaired) electrons. The Labute approximate surface area is 134 Å². The molecule has 6 heteroatoms. The monoisotopic (exact) mass is 328 g/mol. The largest absolute Gasteiger partial charge is 0.340 e. The standard InChI is InChI=1S/C15H21ClN2O2S/c1-4-6-11-13(19)17-15(3,5-2)14(20)18(11)9-10-7-8-12(16)21-10/h7-8,11H,4-6,9H2,1-3H3,(H,17,19). The molecule has 1 aliphatic heterocycles. The van der Waals surface area contributed by atoms with E-state index in [1.54, 1.807) is 11.8 Å². The van der Waals surface area contributed by atoms with Crippen LogP contribution in [-0.2, 0) is 16.1 Å². The molecule has 1 aliphatic rings. The zero-order chi connectivity index (χ0) is 15.6. The van der Waals surface area contributed by atoms with Gasteiger partial charge in [-0.15, -0.1) is 11.3 Å². The molecule has 2 rings (SSSR count). The van der Waals surface area contributed by atoms with Crippen molar-refractivity contribution in [1.29, 1.82) is 0 Å². The van der Waals surface area contributed by atoms with Crippen molar-refractivity contribution in [3.63, 3.8) is 0 Å². The maximum atomic E-state index is 12.8. The summed E-state index contributed by atoms with van der Waals surface area (Å²) in [6.45, 7) is 6.18. The van der Waals surface area contributed by atoms with Gasteiger partial charge < -0.3 is 10.2 Å². The maximum Gasteiger partial charge on any atom is 0.249 e. The fourth-order valence-electron chi connectivity index (χ4n) is 2.60. The van der Waals surface area contributed by atoms with Gasteiger partial charge in [0.05, 0.1) is 10.9 Å². The van der Waals surface area contributed by atoms with E-state index in [1.807, 2.05) is 26.0 Å². The summed E-state index contributed by atoms with van der Waals surface area (Å²) < 4.78 is 0.698. The molecule has 2 heterocycles. The number of amides is 2. The average molecular weight is 329 g/mol. The first-order valence-corrected chi connectivity index (χ1v) is 8.48. The molecule has 1 N–H and O–H groups in total. The van der Waals surface area contributed by atoms with Crippen LogP contribution in [0.25, 0.3) is 0 Å². The highest BCUT2D eigenvalue weighted by molar-refractivity contribution is 7.16. The lowest BCUT2D eigenvalue weighted by Crippen LogP contribution is -2.68. The number of piperazine rings is 1. The lowest BCUT2D eigenvalue weighted by molar-refractivity contribution is -0.155. The van der Waals surface area contributed by atoms with Gasteiger partial charge in [-0.2, -0.15) is 0 Å². The van der Waals surface area contributed by atoms with Crippen molar-refractivity contribution < 1.29 is 9.59 Å². The highest BCUT2D eigenvalue weighted by Crippen LogP contribution is 2.28. The topological polar surface area (TPSA) is 49.4 Å². The number of carbonyl (C=O) groups is 2. The van der Waals surface area contributed by atoms with Crippen LogP contribution < -0.4 is 5.32 Å². The second-order valence-electron chi connectivity index (χ2n) is 5.62. The highest BCUT2D eigenvalue weighted by atomic mass is 35.5. The van der Waals surface area contributed by atoms with Crippen molar-refractivity contribution >= 4 is 34.8 Å². The van der Waals surface area contributed by atoms with E-state index in [4.69, 9.17) is 11.6 Å². The predicted molar refractivity (Wildman–Crippen MR) is 85.4 cm³/mol. The Balaban J connectivity index is 2.29. The smallest absolute Gasteiger partial charge is 0.249 e. The van der Waals surface area contributed by atoms with Crippen molar-refractivity contribution in [2.45, 2.75) is 58.2 Å². The Morgan fingerprint density at radius 3 is 2.62 bits per heavy atom. The summed E-state index contributed by atoms with van der Waals surface area (Å²) >= 11 is 7.41. The molecule has 1 aromatic rings. The van der Waals surface area contributed by atoms with Crippen LogP contribution >= 0.6 is 22.9 Å². The first kappa shape index (κ1) is 16.3. The lowest BCUT2D eigenvalue weighted by Gasteiger charge is -2.44. The molecule has 0 spiro atoms. The molecule has 1 fully saturated rings. The van der Waals surface area contributed by atoms with Crippen LogP contribution in [-0.4, -0.2) is 28.3 Å². The molecule has 2 amide bonds. The summed E-state index contributed by atoms with van der Waals surface area (Å²) in [4.78, 5) is 27.9. The van der Waals surface area contributed by atoms with E-state index >= 15 is 0 Å². The van der Waals surface area contributed by atoms with Crippen LogP contribution in [0, 0.1) is 0 Å². The van der Waals surface area contributed by atoms with Gasteiger partial charge in [-0.3, -0.25) is 9.59 Å². The van der Waals surface area contributed by atoms with Crippen LogP contribution in [0.4, 0.5) is 0 Å². The molecule has 116 valence electrons. The van der Waals surface area contributed by atoms with Gasteiger partial charge in [-0.25, -0.2) is 0 Å². The van der Waals surface area contributed by atoms with E-state index in [2.05, 4.69) is 5.32 Å². The molecule has 0 aromatic carbocycles. The Morgan fingerprint density at radius 1 is 1.38 bits per heavy atom. The predicted octanol–water partition coefficient (Wildman–Crippen LogP) is 3.20. The number of rotatable bonds is 5.